The minimum Gasteiger partial charge on any atom is -0.481 e. The molecule has 0 saturated heterocycles. The van der Waals surface area contributed by atoms with Crippen LogP contribution in [0.25, 0.3) is 0 Å². The van der Waals surface area contributed by atoms with E-state index in [1.807, 2.05) is 27.7 Å². The first kappa shape index (κ1) is 16.5. The number of carbonyl (C=O) groups is 1. The maximum atomic E-state index is 11.1. The third-order valence-electron chi connectivity index (χ3n) is 3.77. The molecule has 1 aliphatic rings. The monoisotopic (exact) mass is 288 g/mol. The van der Waals surface area contributed by atoms with E-state index in [1.54, 1.807) is 11.9 Å². The maximum absolute atomic E-state index is 11.1. The lowest BCUT2D eigenvalue weighted by Gasteiger charge is -2.24. The number of carboxylic acids is 1. The van der Waals surface area contributed by atoms with Crippen molar-refractivity contribution in [3.05, 3.63) is 0 Å². The zero-order valence-electron chi connectivity index (χ0n) is 13.0. The van der Waals surface area contributed by atoms with Crippen LogP contribution in [-0.2, 0) is 9.63 Å². The Kier molecular flexibility index (Phi) is 4.83. The molecule has 116 valence electrons. The summed E-state index contributed by atoms with van der Waals surface area (Å²) in [6.07, 6.45) is 1.32. The number of hydrazine groups is 1. The topological polar surface area (TPSA) is 85.4 Å². The van der Waals surface area contributed by atoms with E-state index in [9.17, 15) is 10.0 Å². The average molecular weight is 288 g/mol. The van der Waals surface area contributed by atoms with Gasteiger partial charge in [-0.15, -0.1) is 5.01 Å². The van der Waals surface area contributed by atoms with E-state index in [-0.39, 0.29) is 11.6 Å². The fraction of sp³-hybridized carbons (Fsp3) is 0.923. The van der Waals surface area contributed by atoms with E-state index in [2.05, 4.69) is 5.28 Å². The summed E-state index contributed by atoms with van der Waals surface area (Å²) < 4.78 is 0. The van der Waals surface area contributed by atoms with Gasteiger partial charge >= 0.3 is 5.97 Å². The van der Waals surface area contributed by atoms with Gasteiger partial charge in [-0.2, -0.15) is 0 Å². The van der Waals surface area contributed by atoms with Crippen molar-refractivity contribution in [2.24, 2.45) is 10.7 Å². The molecule has 2 atom stereocenters. The molecule has 0 aromatic rings. The number of nitrogens with zero attached hydrogens (tertiary/aromatic N) is 3. The third-order valence-corrected chi connectivity index (χ3v) is 3.77. The minimum absolute atomic E-state index is 0.274. The lowest BCUT2D eigenvalue weighted by molar-refractivity contribution is -0.949. The molecule has 2 N–H and O–H groups in total. The van der Waals surface area contributed by atoms with E-state index in [0.29, 0.717) is 30.8 Å². The number of aliphatic carboxylic acids is 1. The van der Waals surface area contributed by atoms with Crippen LogP contribution in [0.5, 0.6) is 0 Å². The fourth-order valence-corrected chi connectivity index (χ4v) is 2.49. The highest BCUT2D eigenvalue weighted by Gasteiger charge is 2.43. The van der Waals surface area contributed by atoms with Crippen LogP contribution in [0, 0.1) is 5.41 Å². The standard InChI is InChI=1S/C13H25N3O4/c1-6-15(12(2,3)4)16(19)14-20-10-7-8-13(5,9-10)11(17)18/h10H,6-9H2,1-5H3,(H-,14,17,18,19)/p+1. The molecule has 0 spiro atoms. The van der Waals surface area contributed by atoms with Crippen LogP contribution in [0.15, 0.2) is 5.28 Å². The summed E-state index contributed by atoms with van der Waals surface area (Å²) in [5, 5.41) is 24.4. The van der Waals surface area contributed by atoms with Crippen molar-refractivity contribution in [2.75, 3.05) is 6.54 Å². The number of hydrogen-bond donors (Lipinski definition) is 2. The Balaban J connectivity index is 2.63. The SMILES string of the molecule is CCN(/[N+](O)=N/OC1CCC(C)(C(=O)O)C1)C(C)(C)C. The number of rotatable bonds is 5. The van der Waals surface area contributed by atoms with Crippen molar-refractivity contribution in [1.82, 2.24) is 5.01 Å². The number of hydrogen-bond acceptors (Lipinski definition) is 3. The summed E-state index contributed by atoms with van der Waals surface area (Å²) in [4.78, 5) is 17.1. The van der Waals surface area contributed by atoms with Crippen molar-refractivity contribution in [3.63, 3.8) is 0 Å². The smallest absolute Gasteiger partial charge is 0.309 e. The molecule has 0 amide bonds. The average Bonchev–Trinajstić information content (AvgIpc) is 2.69. The summed E-state index contributed by atoms with van der Waals surface area (Å²) in [7, 11) is 0. The minimum atomic E-state index is -0.811. The summed E-state index contributed by atoms with van der Waals surface area (Å²) in [6, 6.07) is 0. The largest absolute Gasteiger partial charge is 0.481 e. The first-order valence-electron chi connectivity index (χ1n) is 6.97. The first-order chi connectivity index (χ1) is 9.10. The summed E-state index contributed by atoms with van der Waals surface area (Å²) in [5.74, 6) is -0.811. The van der Waals surface area contributed by atoms with Crippen LogP contribution < -0.4 is 0 Å². The van der Waals surface area contributed by atoms with Crippen LogP contribution in [0.3, 0.4) is 0 Å². The lowest BCUT2D eigenvalue weighted by Crippen LogP contribution is -2.46. The summed E-state index contributed by atoms with van der Waals surface area (Å²) in [5.41, 5.74) is -1.05. The molecule has 0 aliphatic heterocycles. The van der Waals surface area contributed by atoms with Crippen molar-refractivity contribution in [1.29, 1.82) is 0 Å². The molecule has 1 aliphatic carbocycles. The van der Waals surface area contributed by atoms with Gasteiger partial charge in [-0.25, -0.2) is 5.21 Å². The lowest BCUT2D eigenvalue weighted by atomic mass is 9.89. The second-order valence-corrected chi connectivity index (χ2v) is 6.57. The third kappa shape index (κ3) is 3.74. The van der Waals surface area contributed by atoms with Gasteiger partial charge in [0, 0.05) is 6.42 Å². The Morgan fingerprint density at radius 1 is 1.55 bits per heavy atom. The van der Waals surface area contributed by atoms with Crippen LogP contribution in [0.4, 0.5) is 0 Å². The van der Waals surface area contributed by atoms with Crippen molar-refractivity contribution in [3.8, 4) is 0 Å². The van der Waals surface area contributed by atoms with Crippen LogP contribution in [-0.4, -0.2) is 44.4 Å². The quantitative estimate of drug-likeness (QED) is 0.461. The first-order valence-corrected chi connectivity index (χ1v) is 6.97. The highest BCUT2D eigenvalue weighted by molar-refractivity contribution is 5.74. The Bertz CT molecular complexity index is 392. The zero-order valence-corrected chi connectivity index (χ0v) is 13.0. The predicted molar refractivity (Wildman–Crippen MR) is 71.1 cm³/mol. The van der Waals surface area contributed by atoms with Gasteiger partial charge in [0.1, 0.15) is 6.10 Å². The highest BCUT2D eigenvalue weighted by atomic mass is 16.7. The van der Waals surface area contributed by atoms with Crippen LogP contribution >= 0.6 is 0 Å². The molecule has 1 rings (SSSR count). The predicted octanol–water partition coefficient (Wildman–Crippen LogP) is 2.45. The van der Waals surface area contributed by atoms with Gasteiger partial charge in [0.15, 0.2) is 0 Å². The number of carboxylic acid groups (broad SMARTS) is 1. The highest BCUT2D eigenvalue weighted by Crippen LogP contribution is 2.39. The molecule has 2 unspecified atom stereocenters. The van der Waals surface area contributed by atoms with Gasteiger partial charge in [0.25, 0.3) is 10.2 Å². The maximum Gasteiger partial charge on any atom is 0.309 e. The summed E-state index contributed by atoms with van der Waals surface area (Å²) >= 11 is 0. The van der Waals surface area contributed by atoms with Crippen LogP contribution in [0.2, 0.25) is 0 Å². The molecule has 0 aromatic carbocycles. The van der Waals surface area contributed by atoms with Gasteiger partial charge in [-0.3, -0.25) is 4.79 Å². The molecule has 7 heteroatoms. The molecule has 0 radical (unpaired) electrons. The Morgan fingerprint density at radius 2 is 2.15 bits per heavy atom. The van der Waals surface area contributed by atoms with Gasteiger partial charge < -0.3 is 9.94 Å². The van der Waals surface area contributed by atoms with Gasteiger partial charge in [0.2, 0.25) is 0 Å². The molecule has 1 fully saturated rings. The Labute approximate surface area is 119 Å². The molecular weight excluding hydrogens is 262 g/mol. The zero-order chi connectivity index (χ0) is 15.6. The molecular formula is C13H26N3O4+. The van der Waals surface area contributed by atoms with E-state index < -0.39 is 11.4 Å². The summed E-state index contributed by atoms with van der Waals surface area (Å²) in [6.45, 7) is 10.0. The van der Waals surface area contributed by atoms with Crippen LogP contribution in [0.1, 0.15) is 53.9 Å². The fourth-order valence-electron chi connectivity index (χ4n) is 2.49. The Hall–Kier alpha value is -1.53. The van der Waals surface area contributed by atoms with E-state index in [1.165, 1.54) is 0 Å². The van der Waals surface area contributed by atoms with Crippen molar-refractivity contribution >= 4 is 5.97 Å². The normalized spacial score (nSPS) is 27.4. The van der Waals surface area contributed by atoms with Crippen molar-refractivity contribution < 1.29 is 24.9 Å². The van der Waals surface area contributed by atoms with Gasteiger partial charge in [-0.05, 0) is 47.5 Å². The molecule has 1 saturated carbocycles. The molecule has 0 bridgehead atoms. The molecule has 0 heterocycles. The van der Waals surface area contributed by atoms with Gasteiger partial charge in [0.05, 0.1) is 17.5 Å². The van der Waals surface area contributed by atoms with E-state index >= 15 is 0 Å². The van der Waals surface area contributed by atoms with E-state index in [0.717, 1.165) is 0 Å². The second kappa shape index (κ2) is 5.85. The molecule has 20 heavy (non-hydrogen) atoms. The molecule has 0 aromatic heterocycles. The van der Waals surface area contributed by atoms with E-state index in [4.69, 9.17) is 9.94 Å². The Morgan fingerprint density at radius 3 is 2.55 bits per heavy atom. The van der Waals surface area contributed by atoms with Crippen molar-refractivity contribution in [2.45, 2.75) is 65.5 Å². The molecule has 7 nitrogen and oxygen atoms in total. The van der Waals surface area contributed by atoms with Gasteiger partial charge in [-0.1, -0.05) is 0 Å². The second-order valence-electron chi connectivity index (χ2n) is 6.57.